The highest BCUT2D eigenvalue weighted by Gasteiger charge is 2.26. The van der Waals surface area contributed by atoms with Gasteiger partial charge in [-0.1, -0.05) is 0 Å². The summed E-state index contributed by atoms with van der Waals surface area (Å²) in [4.78, 5) is 10.8. The van der Waals surface area contributed by atoms with Gasteiger partial charge in [0.25, 0.3) is 0 Å². The fourth-order valence-electron chi connectivity index (χ4n) is 1.75. The third kappa shape index (κ3) is 1.83. The fraction of sp³-hybridized carbons (Fsp3) is 0.444. The number of rotatable bonds is 3. The van der Waals surface area contributed by atoms with Gasteiger partial charge < -0.3 is 9.67 Å². The average Bonchev–Trinajstić information content (AvgIpc) is 2.44. The van der Waals surface area contributed by atoms with Crippen LogP contribution in [0.15, 0.2) is 17.2 Å². The number of hydrogen-bond acceptors (Lipinski definition) is 3. The molecule has 88 valence electrons. The van der Waals surface area contributed by atoms with E-state index in [0.29, 0.717) is 0 Å². The smallest absolute Gasteiger partial charge is 0.352 e. The summed E-state index contributed by atoms with van der Waals surface area (Å²) in [5.74, 6) is -1.14. The molecule has 0 spiro atoms. The third-order valence-electron chi connectivity index (χ3n) is 2.84. The highest BCUT2D eigenvalue weighted by Crippen LogP contribution is 2.33. The fourth-order valence-corrected chi connectivity index (χ4v) is 2.28. The highest BCUT2D eigenvalue weighted by molar-refractivity contribution is 7.89. The van der Waals surface area contributed by atoms with Crippen molar-refractivity contribution in [1.29, 1.82) is 0 Å². The molecule has 16 heavy (non-hydrogen) atoms. The summed E-state index contributed by atoms with van der Waals surface area (Å²) in [7, 11) is -3.84. The van der Waals surface area contributed by atoms with Crippen molar-refractivity contribution in [1.82, 2.24) is 4.57 Å². The van der Waals surface area contributed by atoms with Gasteiger partial charge in [-0.3, -0.25) is 0 Å². The Morgan fingerprint density at radius 3 is 2.50 bits per heavy atom. The van der Waals surface area contributed by atoms with Crippen LogP contribution in [0.25, 0.3) is 0 Å². The number of sulfonamides is 1. The van der Waals surface area contributed by atoms with Crippen LogP contribution in [0, 0.1) is 0 Å². The first-order chi connectivity index (χ1) is 7.39. The zero-order chi connectivity index (χ0) is 11.9. The normalized spacial score (nSPS) is 17.1. The van der Waals surface area contributed by atoms with Crippen LogP contribution < -0.4 is 5.14 Å². The van der Waals surface area contributed by atoms with Crippen LogP contribution in [0.2, 0.25) is 0 Å². The topological polar surface area (TPSA) is 102 Å². The molecule has 0 radical (unpaired) electrons. The number of carbonyl (C=O) groups is 1. The van der Waals surface area contributed by atoms with Crippen molar-refractivity contribution in [3.63, 3.8) is 0 Å². The van der Waals surface area contributed by atoms with E-state index in [4.69, 9.17) is 10.2 Å². The van der Waals surface area contributed by atoms with Gasteiger partial charge in [0.1, 0.15) is 10.6 Å². The molecule has 7 heteroatoms. The molecule has 0 aliphatic heterocycles. The van der Waals surface area contributed by atoms with Crippen LogP contribution in [-0.2, 0) is 10.0 Å². The molecule has 0 atom stereocenters. The molecule has 0 aromatic carbocycles. The lowest BCUT2D eigenvalue weighted by Gasteiger charge is -2.28. The zero-order valence-corrected chi connectivity index (χ0v) is 9.27. The van der Waals surface area contributed by atoms with E-state index in [0.717, 1.165) is 25.3 Å². The number of carboxylic acids is 1. The minimum absolute atomic E-state index is 0.0197. The van der Waals surface area contributed by atoms with Crippen LogP contribution in [0.5, 0.6) is 0 Å². The summed E-state index contributed by atoms with van der Waals surface area (Å²) in [6.07, 6.45) is 4.09. The van der Waals surface area contributed by atoms with Gasteiger partial charge >= 0.3 is 5.97 Å². The summed E-state index contributed by atoms with van der Waals surface area (Å²) in [5, 5.41) is 13.9. The van der Waals surface area contributed by atoms with Crippen molar-refractivity contribution in [2.24, 2.45) is 5.14 Å². The van der Waals surface area contributed by atoms with E-state index in [1.807, 2.05) is 0 Å². The van der Waals surface area contributed by atoms with Gasteiger partial charge in [0.2, 0.25) is 10.0 Å². The molecule has 1 aliphatic rings. The molecule has 1 aliphatic carbocycles. The van der Waals surface area contributed by atoms with E-state index in [1.165, 1.54) is 10.8 Å². The van der Waals surface area contributed by atoms with Crippen molar-refractivity contribution in [3.8, 4) is 0 Å². The van der Waals surface area contributed by atoms with Crippen LogP contribution in [0.1, 0.15) is 35.8 Å². The first kappa shape index (κ1) is 11.2. The van der Waals surface area contributed by atoms with Gasteiger partial charge in [0.05, 0.1) is 0 Å². The highest BCUT2D eigenvalue weighted by atomic mass is 32.2. The van der Waals surface area contributed by atoms with E-state index in [1.54, 1.807) is 0 Å². The Morgan fingerprint density at radius 1 is 1.50 bits per heavy atom. The number of hydrogen-bond donors (Lipinski definition) is 2. The summed E-state index contributed by atoms with van der Waals surface area (Å²) in [6, 6.07) is 1.19. The summed E-state index contributed by atoms with van der Waals surface area (Å²) >= 11 is 0. The molecule has 0 amide bonds. The Kier molecular flexibility index (Phi) is 2.51. The van der Waals surface area contributed by atoms with E-state index in [-0.39, 0.29) is 16.6 Å². The summed E-state index contributed by atoms with van der Waals surface area (Å²) in [5.41, 5.74) is -0.0197. The molecule has 1 saturated carbocycles. The molecular weight excluding hydrogens is 232 g/mol. The Morgan fingerprint density at radius 2 is 2.12 bits per heavy atom. The maximum atomic E-state index is 11.1. The van der Waals surface area contributed by atoms with Crippen molar-refractivity contribution < 1.29 is 18.3 Å². The molecule has 0 bridgehead atoms. The number of carboxylic acid groups (broad SMARTS) is 1. The standard InChI is InChI=1S/C9H12N2O4S/c10-16(14,15)7-4-8(9(12)13)11(5-7)6-2-1-3-6/h4-6H,1-3H2,(H,12,13)(H2,10,14,15). The molecule has 0 saturated heterocycles. The van der Waals surface area contributed by atoms with Crippen molar-refractivity contribution in [2.45, 2.75) is 30.2 Å². The quantitative estimate of drug-likeness (QED) is 0.810. The first-order valence-corrected chi connectivity index (χ1v) is 6.42. The number of nitrogens with two attached hydrogens (primary N) is 1. The Labute approximate surface area is 92.7 Å². The molecule has 1 aromatic rings. The van der Waals surface area contributed by atoms with Gasteiger partial charge in [0, 0.05) is 12.2 Å². The molecule has 2 rings (SSSR count). The van der Waals surface area contributed by atoms with Crippen molar-refractivity contribution in [3.05, 3.63) is 18.0 Å². The largest absolute Gasteiger partial charge is 0.477 e. The second kappa shape index (κ2) is 3.60. The van der Waals surface area contributed by atoms with Crippen LogP contribution >= 0.6 is 0 Å². The van der Waals surface area contributed by atoms with Crippen LogP contribution in [0.3, 0.4) is 0 Å². The van der Waals surface area contributed by atoms with Gasteiger partial charge in [-0.15, -0.1) is 0 Å². The first-order valence-electron chi connectivity index (χ1n) is 4.87. The zero-order valence-electron chi connectivity index (χ0n) is 8.46. The van der Waals surface area contributed by atoms with Gasteiger partial charge in [-0.25, -0.2) is 18.4 Å². The van der Waals surface area contributed by atoms with Gasteiger partial charge in [-0.2, -0.15) is 0 Å². The van der Waals surface area contributed by atoms with Gasteiger partial charge in [0.15, 0.2) is 0 Å². The minimum Gasteiger partial charge on any atom is -0.477 e. The molecule has 1 aromatic heterocycles. The summed E-state index contributed by atoms with van der Waals surface area (Å²) in [6.45, 7) is 0. The Hall–Kier alpha value is -1.34. The number of aromatic nitrogens is 1. The lowest BCUT2D eigenvalue weighted by molar-refractivity contribution is 0.0678. The minimum atomic E-state index is -3.84. The monoisotopic (exact) mass is 244 g/mol. The number of aromatic carboxylic acids is 1. The molecule has 1 fully saturated rings. The maximum absolute atomic E-state index is 11.1. The molecule has 0 unspecified atom stereocenters. The Bertz CT molecular complexity index is 528. The molecule has 3 N–H and O–H groups in total. The number of nitrogens with zero attached hydrogens (tertiary/aromatic N) is 1. The number of primary sulfonamides is 1. The molecule has 6 nitrogen and oxygen atoms in total. The van der Waals surface area contributed by atoms with Crippen LogP contribution in [-0.4, -0.2) is 24.1 Å². The van der Waals surface area contributed by atoms with Crippen molar-refractivity contribution in [2.75, 3.05) is 0 Å². The average molecular weight is 244 g/mol. The van der Waals surface area contributed by atoms with E-state index >= 15 is 0 Å². The lowest BCUT2D eigenvalue weighted by atomic mass is 9.93. The van der Waals surface area contributed by atoms with Gasteiger partial charge in [-0.05, 0) is 25.3 Å². The maximum Gasteiger partial charge on any atom is 0.352 e. The molecule has 1 heterocycles. The predicted molar refractivity (Wildman–Crippen MR) is 55.7 cm³/mol. The van der Waals surface area contributed by atoms with Crippen molar-refractivity contribution >= 4 is 16.0 Å². The summed E-state index contributed by atoms with van der Waals surface area (Å²) < 4.78 is 23.7. The second-order valence-electron chi connectivity index (χ2n) is 3.90. The lowest BCUT2D eigenvalue weighted by Crippen LogP contribution is -2.20. The van der Waals surface area contributed by atoms with E-state index in [9.17, 15) is 13.2 Å². The predicted octanol–water partition coefficient (Wildman–Crippen LogP) is 0.559. The third-order valence-corrected chi connectivity index (χ3v) is 3.72. The van der Waals surface area contributed by atoms with Crippen LogP contribution in [0.4, 0.5) is 0 Å². The Balaban J connectivity index is 2.49. The van der Waals surface area contributed by atoms with E-state index < -0.39 is 16.0 Å². The molecular formula is C9H12N2O4S. The van der Waals surface area contributed by atoms with E-state index in [2.05, 4.69) is 0 Å². The SMILES string of the molecule is NS(=O)(=O)c1cc(C(=O)O)n(C2CCC2)c1. The second-order valence-corrected chi connectivity index (χ2v) is 5.46.